The number of aryl methyl sites for hydroxylation is 2. The summed E-state index contributed by atoms with van der Waals surface area (Å²) in [5.41, 5.74) is 3.55. The number of aromatic nitrogens is 3. The second-order valence-electron chi connectivity index (χ2n) is 5.38. The molecule has 0 aliphatic carbocycles. The van der Waals surface area contributed by atoms with Crippen LogP contribution in [0, 0.1) is 19.8 Å². The fraction of sp³-hybridized carbons (Fsp3) is 0.467. The van der Waals surface area contributed by atoms with E-state index in [1.54, 1.807) is 12.5 Å². The molecule has 4 nitrogen and oxygen atoms in total. The molecule has 19 heavy (non-hydrogen) atoms. The number of hydrogen-bond donors (Lipinski definition) is 1. The van der Waals surface area contributed by atoms with Gasteiger partial charge in [-0.2, -0.15) is 0 Å². The Morgan fingerprint density at radius 2 is 2.11 bits per heavy atom. The summed E-state index contributed by atoms with van der Waals surface area (Å²) in [7, 11) is 0. The molecule has 0 spiro atoms. The summed E-state index contributed by atoms with van der Waals surface area (Å²) < 4.78 is 1.98. The average molecular weight is 258 g/mol. The van der Waals surface area contributed by atoms with Crippen molar-refractivity contribution >= 4 is 0 Å². The molecule has 0 bridgehead atoms. The molecule has 0 aromatic carbocycles. The Labute approximate surface area is 114 Å². The molecular weight excluding hydrogens is 236 g/mol. The van der Waals surface area contributed by atoms with Crippen molar-refractivity contribution in [2.75, 3.05) is 6.54 Å². The summed E-state index contributed by atoms with van der Waals surface area (Å²) in [6.07, 6.45) is 5.52. The lowest BCUT2D eigenvalue weighted by Crippen LogP contribution is -2.21. The van der Waals surface area contributed by atoms with Crippen LogP contribution < -0.4 is 5.32 Å². The first-order chi connectivity index (χ1) is 9.08. The number of hydrogen-bond acceptors (Lipinski definition) is 3. The Bertz CT molecular complexity index is 529. The fourth-order valence-corrected chi connectivity index (χ4v) is 2.15. The zero-order valence-electron chi connectivity index (χ0n) is 12.1. The summed E-state index contributed by atoms with van der Waals surface area (Å²) >= 11 is 0. The van der Waals surface area contributed by atoms with E-state index in [4.69, 9.17) is 0 Å². The van der Waals surface area contributed by atoms with Crippen molar-refractivity contribution in [3.8, 4) is 5.82 Å². The Hall–Kier alpha value is -1.68. The van der Waals surface area contributed by atoms with E-state index < -0.39 is 0 Å². The van der Waals surface area contributed by atoms with E-state index in [0.717, 1.165) is 24.6 Å². The van der Waals surface area contributed by atoms with E-state index in [9.17, 15) is 0 Å². The first-order valence-electron chi connectivity index (χ1n) is 6.74. The molecule has 2 heterocycles. The summed E-state index contributed by atoms with van der Waals surface area (Å²) in [4.78, 5) is 8.77. The van der Waals surface area contributed by atoms with Gasteiger partial charge >= 0.3 is 0 Å². The van der Waals surface area contributed by atoms with Crippen LogP contribution in [0.5, 0.6) is 0 Å². The van der Waals surface area contributed by atoms with Crippen molar-refractivity contribution in [1.29, 1.82) is 0 Å². The van der Waals surface area contributed by atoms with Crippen LogP contribution >= 0.6 is 0 Å². The van der Waals surface area contributed by atoms with Gasteiger partial charge in [0, 0.05) is 30.2 Å². The standard InChI is InChI=1S/C15H22N4/c1-11(2)8-17-9-14-12(3)7-13(4)18-15(14)19-6-5-16-10-19/h5-7,10-11,17H,8-9H2,1-4H3. The molecule has 0 saturated carbocycles. The topological polar surface area (TPSA) is 42.7 Å². The predicted molar refractivity (Wildman–Crippen MR) is 77.4 cm³/mol. The maximum absolute atomic E-state index is 4.66. The molecule has 0 saturated heterocycles. The lowest BCUT2D eigenvalue weighted by atomic mass is 10.1. The second kappa shape index (κ2) is 5.97. The number of pyridine rings is 1. The van der Waals surface area contributed by atoms with Gasteiger partial charge in [-0.15, -0.1) is 0 Å². The summed E-state index contributed by atoms with van der Waals surface area (Å²) in [5, 5.41) is 3.49. The Balaban J connectivity index is 2.30. The summed E-state index contributed by atoms with van der Waals surface area (Å²) in [6.45, 7) is 10.4. The first kappa shape index (κ1) is 13.7. The van der Waals surface area contributed by atoms with Gasteiger partial charge < -0.3 is 5.32 Å². The van der Waals surface area contributed by atoms with E-state index in [-0.39, 0.29) is 0 Å². The van der Waals surface area contributed by atoms with Crippen LogP contribution in [0.3, 0.4) is 0 Å². The third kappa shape index (κ3) is 3.41. The van der Waals surface area contributed by atoms with E-state index in [2.05, 4.69) is 42.1 Å². The maximum Gasteiger partial charge on any atom is 0.142 e. The Morgan fingerprint density at radius 3 is 2.74 bits per heavy atom. The molecule has 0 aliphatic heterocycles. The SMILES string of the molecule is Cc1cc(C)c(CNCC(C)C)c(-n2ccnc2)n1. The first-order valence-corrected chi connectivity index (χ1v) is 6.74. The minimum Gasteiger partial charge on any atom is -0.312 e. The van der Waals surface area contributed by atoms with Gasteiger partial charge in [-0.25, -0.2) is 9.97 Å². The highest BCUT2D eigenvalue weighted by Gasteiger charge is 2.10. The normalized spacial score (nSPS) is 11.2. The fourth-order valence-electron chi connectivity index (χ4n) is 2.15. The lowest BCUT2D eigenvalue weighted by Gasteiger charge is -2.15. The van der Waals surface area contributed by atoms with Gasteiger partial charge in [0.25, 0.3) is 0 Å². The summed E-state index contributed by atoms with van der Waals surface area (Å²) in [5.74, 6) is 1.63. The molecule has 0 unspecified atom stereocenters. The number of nitrogens with one attached hydrogen (secondary N) is 1. The van der Waals surface area contributed by atoms with Gasteiger partial charge in [-0.3, -0.25) is 4.57 Å². The quantitative estimate of drug-likeness (QED) is 0.896. The Kier molecular flexibility index (Phi) is 4.32. The van der Waals surface area contributed by atoms with Crippen LogP contribution in [0.4, 0.5) is 0 Å². The van der Waals surface area contributed by atoms with Crippen molar-refractivity contribution in [2.45, 2.75) is 34.2 Å². The van der Waals surface area contributed by atoms with Crippen molar-refractivity contribution in [3.05, 3.63) is 41.6 Å². The molecule has 0 radical (unpaired) electrons. The van der Waals surface area contributed by atoms with Gasteiger partial charge in [-0.1, -0.05) is 13.8 Å². The number of imidazole rings is 1. The van der Waals surface area contributed by atoms with E-state index >= 15 is 0 Å². The Morgan fingerprint density at radius 1 is 1.32 bits per heavy atom. The minimum absolute atomic E-state index is 0.649. The van der Waals surface area contributed by atoms with Gasteiger partial charge in [0.15, 0.2) is 0 Å². The summed E-state index contributed by atoms with van der Waals surface area (Å²) in [6, 6.07) is 2.13. The van der Waals surface area contributed by atoms with E-state index in [1.165, 1.54) is 11.1 Å². The highest BCUT2D eigenvalue weighted by Crippen LogP contribution is 2.17. The maximum atomic E-state index is 4.66. The molecule has 102 valence electrons. The van der Waals surface area contributed by atoms with Crippen molar-refractivity contribution in [1.82, 2.24) is 19.9 Å². The van der Waals surface area contributed by atoms with Crippen LogP contribution in [0.1, 0.15) is 30.7 Å². The predicted octanol–water partition coefficient (Wildman–Crippen LogP) is 2.63. The number of rotatable bonds is 5. The van der Waals surface area contributed by atoms with Crippen LogP contribution in [0.15, 0.2) is 24.8 Å². The van der Waals surface area contributed by atoms with Crippen LogP contribution in [-0.4, -0.2) is 21.1 Å². The van der Waals surface area contributed by atoms with Crippen molar-refractivity contribution < 1.29 is 0 Å². The highest BCUT2D eigenvalue weighted by atomic mass is 15.1. The van der Waals surface area contributed by atoms with Crippen LogP contribution in [0.25, 0.3) is 5.82 Å². The van der Waals surface area contributed by atoms with Crippen LogP contribution in [0.2, 0.25) is 0 Å². The third-order valence-corrected chi connectivity index (χ3v) is 3.06. The molecule has 2 aromatic heterocycles. The molecule has 0 amide bonds. The van der Waals surface area contributed by atoms with Crippen LogP contribution in [-0.2, 0) is 6.54 Å². The lowest BCUT2D eigenvalue weighted by molar-refractivity contribution is 0.550. The molecule has 0 fully saturated rings. The molecule has 2 rings (SSSR count). The molecule has 2 aromatic rings. The second-order valence-corrected chi connectivity index (χ2v) is 5.38. The largest absolute Gasteiger partial charge is 0.312 e. The van der Waals surface area contributed by atoms with Gasteiger partial charge in [0.1, 0.15) is 12.1 Å². The smallest absolute Gasteiger partial charge is 0.142 e. The highest BCUT2D eigenvalue weighted by molar-refractivity contribution is 5.41. The van der Waals surface area contributed by atoms with Gasteiger partial charge in [0.05, 0.1) is 0 Å². The molecule has 1 N–H and O–H groups in total. The zero-order valence-corrected chi connectivity index (χ0v) is 12.1. The minimum atomic E-state index is 0.649. The number of nitrogens with zero attached hydrogens (tertiary/aromatic N) is 3. The van der Waals surface area contributed by atoms with Crippen molar-refractivity contribution in [2.24, 2.45) is 5.92 Å². The average Bonchev–Trinajstić information content (AvgIpc) is 2.84. The van der Waals surface area contributed by atoms with E-state index in [0.29, 0.717) is 5.92 Å². The van der Waals surface area contributed by atoms with Gasteiger partial charge in [0.2, 0.25) is 0 Å². The molecule has 0 atom stereocenters. The third-order valence-electron chi connectivity index (χ3n) is 3.06. The zero-order chi connectivity index (χ0) is 13.8. The monoisotopic (exact) mass is 258 g/mol. The van der Waals surface area contributed by atoms with E-state index in [1.807, 2.05) is 17.7 Å². The molecule has 4 heteroatoms. The van der Waals surface area contributed by atoms with Crippen molar-refractivity contribution in [3.63, 3.8) is 0 Å². The van der Waals surface area contributed by atoms with Gasteiger partial charge in [-0.05, 0) is 37.9 Å². The molecular formula is C15H22N4. The molecule has 0 aliphatic rings.